The molecule has 0 unspecified atom stereocenters. The molecule has 1 N–H and O–H groups in total. The molecule has 23 heavy (non-hydrogen) atoms. The number of rotatable bonds is 5. The summed E-state index contributed by atoms with van der Waals surface area (Å²) in [6.07, 6.45) is 1.60. The van der Waals surface area contributed by atoms with Crippen LogP contribution in [0.2, 0.25) is 0 Å². The van der Waals surface area contributed by atoms with E-state index < -0.39 is 0 Å². The highest BCUT2D eigenvalue weighted by molar-refractivity contribution is 7.07. The number of hydrogen-bond donors (Lipinski definition) is 1. The predicted molar refractivity (Wildman–Crippen MR) is 87.5 cm³/mol. The third-order valence-corrected chi connectivity index (χ3v) is 4.26. The normalized spacial score (nSPS) is 12.3. The Morgan fingerprint density at radius 1 is 1.43 bits per heavy atom. The highest BCUT2D eigenvalue weighted by Crippen LogP contribution is 2.22. The Labute approximate surface area is 137 Å². The molecule has 0 fully saturated rings. The summed E-state index contributed by atoms with van der Waals surface area (Å²) in [6, 6.07) is 4.04. The smallest absolute Gasteiger partial charge is 0.273 e. The molecule has 3 aromatic rings. The van der Waals surface area contributed by atoms with Crippen LogP contribution >= 0.6 is 11.3 Å². The minimum atomic E-state index is -0.236. The second-order valence-corrected chi connectivity index (χ2v) is 6.21. The fraction of sp³-hybridized carbons (Fsp3) is 0.333. The molecule has 1 atom stereocenters. The quantitative estimate of drug-likeness (QED) is 0.772. The maximum Gasteiger partial charge on any atom is 0.273 e. The van der Waals surface area contributed by atoms with E-state index in [0.29, 0.717) is 12.2 Å². The lowest BCUT2D eigenvalue weighted by Crippen LogP contribution is -2.32. The van der Waals surface area contributed by atoms with Crippen molar-refractivity contribution in [3.8, 4) is 0 Å². The number of aromatic nitrogens is 5. The number of hydrogen-bond acceptors (Lipinski definition) is 5. The van der Waals surface area contributed by atoms with Crippen LogP contribution in [0.5, 0.6) is 0 Å². The number of carbonyl (C=O) groups is 1. The van der Waals surface area contributed by atoms with Crippen LogP contribution in [0, 0.1) is 13.8 Å². The zero-order valence-corrected chi connectivity index (χ0v) is 14.0. The Kier molecular flexibility index (Phi) is 4.24. The molecular weight excluding hydrogens is 312 g/mol. The van der Waals surface area contributed by atoms with Crippen LogP contribution in [0.1, 0.15) is 33.5 Å². The van der Waals surface area contributed by atoms with Crippen molar-refractivity contribution in [2.45, 2.75) is 19.9 Å². The monoisotopic (exact) mass is 330 g/mol. The molecule has 3 heterocycles. The molecule has 7 nitrogen and oxygen atoms in total. The van der Waals surface area contributed by atoms with Gasteiger partial charge < -0.3 is 5.32 Å². The van der Waals surface area contributed by atoms with Crippen LogP contribution in [-0.4, -0.2) is 37.2 Å². The maximum atomic E-state index is 12.2. The largest absolute Gasteiger partial charge is 0.348 e. The van der Waals surface area contributed by atoms with Gasteiger partial charge in [-0.1, -0.05) is 5.21 Å². The molecule has 0 aliphatic rings. The molecule has 3 rings (SSSR count). The second kappa shape index (κ2) is 6.33. The van der Waals surface area contributed by atoms with Crippen molar-refractivity contribution in [2.24, 2.45) is 7.05 Å². The summed E-state index contributed by atoms with van der Waals surface area (Å²) < 4.78 is 3.46. The van der Waals surface area contributed by atoms with Crippen molar-refractivity contribution in [3.63, 3.8) is 0 Å². The fourth-order valence-corrected chi connectivity index (χ4v) is 3.21. The SMILES string of the molecule is Cc1cc(C)n([C@H](CNC(=O)c2cn(C)nn2)c2ccsc2)n1. The molecule has 0 aromatic carbocycles. The number of carbonyl (C=O) groups excluding carboxylic acids is 1. The Balaban J connectivity index is 1.80. The summed E-state index contributed by atoms with van der Waals surface area (Å²) in [6.45, 7) is 4.42. The topological polar surface area (TPSA) is 77.6 Å². The van der Waals surface area contributed by atoms with Crippen molar-refractivity contribution in [1.29, 1.82) is 0 Å². The van der Waals surface area contributed by atoms with Gasteiger partial charge in [-0.25, -0.2) is 0 Å². The average Bonchev–Trinajstić information content (AvgIpc) is 3.22. The molecule has 0 saturated heterocycles. The third-order valence-electron chi connectivity index (χ3n) is 3.56. The van der Waals surface area contributed by atoms with Gasteiger partial charge in [-0.3, -0.25) is 14.2 Å². The summed E-state index contributed by atoms with van der Waals surface area (Å²) in [5.41, 5.74) is 3.46. The first-order valence-electron chi connectivity index (χ1n) is 7.24. The lowest BCUT2D eigenvalue weighted by atomic mass is 10.1. The van der Waals surface area contributed by atoms with E-state index in [-0.39, 0.29) is 11.9 Å². The molecule has 0 aliphatic heterocycles. The number of nitrogens with zero attached hydrogens (tertiary/aromatic N) is 5. The van der Waals surface area contributed by atoms with Gasteiger partial charge in [-0.2, -0.15) is 16.4 Å². The minimum absolute atomic E-state index is 0.0458. The molecule has 0 saturated carbocycles. The van der Waals surface area contributed by atoms with E-state index in [0.717, 1.165) is 17.0 Å². The van der Waals surface area contributed by atoms with Crippen LogP contribution in [0.25, 0.3) is 0 Å². The first-order valence-corrected chi connectivity index (χ1v) is 8.18. The van der Waals surface area contributed by atoms with Gasteiger partial charge in [0.25, 0.3) is 5.91 Å². The molecule has 1 amide bonds. The summed E-state index contributed by atoms with van der Waals surface area (Å²) in [5.74, 6) is -0.236. The van der Waals surface area contributed by atoms with E-state index in [9.17, 15) is 4.79 Å². The van der Waals surface area contributed by atoms with Crippen LogP contribution in [0.4, 0.5) is 0 Å². The Hall–Kier alpha value is -2.48. The average molecular weight is 330 g/mol. The number of nitrogens with one attached hydrogen (secondary N) is 1. The van der Waals surface area contributed by atoms with E-state index in [2.05, 4.69) is 32.2 Å². The van der Waals surface area contributed by atoms with Crippen molar-refractivity contribution < 1.29 is 4.79 Å². The van der Waals surface area contributed by atoms with Gasteiger partial charge in [0.1, 0.15) is 0 Å². The maximum absolute atomic E-state index is 12.2. The molecule has 120 valence electrons. The molecule has 3 aromatic heterocycles. The van der Waals surface area contributed by atoms with Crippen LogP contribution in [0.15, 0.2) is 29.1 Å². The van der Waals surface area contributed by atoms with Crippen molar-refractivity contribution in [3.05, 3.63) is 51.7 Å². The first-order chi connectivity index (χ1) is 11.0. The third kappa shape index (κ3) is 3.31. The Morgan fingerprint density at radius 2 is 2.26 bits per heavy atom. The van der Waals surface area contributed by atoms with Crippen LogP contribution < -0.4 is 5.32 Å². The summed E-state index contributed by atoms with van der Waals surface area (Å²) >= 11 is 1.63. The molecular formula is C15H18N6OS. The van der Waals surface area contributed by atoms with Gasteiger partial charge in [-0.15, -0.1) is 5.10 Å². The number of thiophene rings is 1. The molecule has 0 spiro atoms. The van der Waals surface area contributed by atoms with Gasteiger partial charge in [0.2, 0.25) is 0 Å². The zero-order valence-electron chi connectivity index (χ0n) is 13.2. The van der Waals surface area contributed by atoms with Gasteiger partial charge >= 0.3 is 0 Å². The van der Waals surface area contributed by atoms with Gasteiger partial charge in [0, 0.05) is 19.3 Å². The van der Waals surface area contributed by atoms with Crippen molar-refractivity contribution in [2.75, 3.05) is 6.54 Å². The number of amides is 1. The van der Waals surface area contributed by atoms with E-state index in [1.54, 1.807) is 24.6 Å². The standard InChI is InChI=1S/C15H18N6OS/c1-10-6-11(2)21(18-10)14(12-4-5-23-9-12)7-16-15(22)13-8-20(3)19-17-13/h4-6,8-9,14H,7H2,1-3H3,(H,16,22)/t14-/m1/s1. The first kappa shape index (κ1) is 15.4. The summed E-state index contributed by atoms with van der Waals surface area (Å²) in [7, 11) is 1.73. The van der Waals surface area contributed by atoms with Crippen LogP contribution in [-0.2, 0) is 7.05 Å². The lowest BCUT2D eigenvalue weighted by molar-refractivity contribution is 0.0944. The van der Waals surface area contributed by atoms with Crippen LogP contribution in [0.3, 0.4) is 0 Å². The lowest BCUT2D eigenvalue weighted by Gasteiger charge is -2.19. The van der Waals surface area contributed by atoms with E-state index in [1.165, 1.54) is 4.68 Å². The van der Waals surface area contributed by atoms with Crippen molar-refractivity contribution >= 4 is 17.2 Å². The highest BCUT2D eigenvalue weighted by atomic mass is 32.1. The summed E-state index contributed by atoms with van der Waals surface area (Å²) in [4.78, 5) is 12.2. The zero-order chi connectivity index (χ0) is 16.4. The fourth-order valence-electron chi connectivity index (χ4n) is 2.50. The highest BCUT2D eigenvalue weighted by Gasteiger charge is 2.19. The predicted octanol–water partition coefficient (Wildman–Crippen LogP) is 1.71. The van der Waals surface area contributed by atoms with Gasteiger partial charge in [0.05, 0.1) is 17.9 Å². The Bertz CT molecular complexity index is 804. The van der Waals surface area contributed by atoms with Gasteiger partial charge in [0.15, 0.2) is 5.69 Å². The molecule has 0 aliphatic carbocycles. The second-order valence-electron chi connectivity index (χ2n) is 5.43. The number of aryl methyl sites for hydroxylation is 3. The Morgan fingerprint density at radius 3 is 2.83 bits per heavy atom. The van der Waals surface area contributed by atoms with Crippen molar-refractivity contribution in [1.82, 2.24) is 30.1 Å². The molecule has 8 heteroatoms. The molecule has 0 radical (unpaired) electrons. The van der Waals surface area contributed by atoms with Gasteiger partial charge in [-0.05, 0) is 42.3 Å². The van der Waals surface area contributed by atoms with E-state index in [4.69, 9.17) is 0 Å². The minimum Gasteiger partial charge on any atom is -0.348 e. The summed E-state index contributed by atoms with van der Waals surface area (Å²) in [5, 5.41) is 19.2. The molecule has 0 bridgehead atoms. The van der Waals surface area contributed by atoms with E-state index >= 15 is 0 Å². The van der Waals surface area contributed by atoms with E-state index in [1.807, 2.05) is 30.0 Å².